The molecular weight excluding hydrogens is 532 g/mol. The average molecular weight is 561 g/mol. The van der Waals surface area contributed by atoms with E-state index in [4.69, 9.17) is 26.1 Å². The zero-order valence-corrected chi connectivity index (χ0v) is 23.4. The topological polar surface area (TPSA) is 76.6 Å². The Kier molecular flexibility index (Phi) is 8.54. The van der Waals surface area contributed by atoms with Crippen LogP contribution in [0.5, 0.6) is 11.5 Å². The third-order valence-electron chi connectivity index (χ3n) is 6.56. The molecule has 0 unspecified atom stereocenters. The molecule has 0 saturated heterocycles. The maximum atomic E-state index is 12.7. The first-order valence-electron chi connectivity index (χ1n) is 12.6. The monoisotopic (exact) mass is 560 g/mol. The summed E-state index contributed by atoms with van der Waals surface area (Å²) in [4.78, 5) is 24.1. The quantitative estimate of drug-likeness (QED) is 0.154. The molecule has 0 bridgehead atoms. The average Bonchev–Trinajstić information content (AvgIpc) is 2.98. The zero-order valence-electron chi connectivity index (χ0n) is 21.8. The van der Waals surface area contributed by atoms with E-state index in [2.05, 4.69) is 21.3 Å². The molecule has 9 heteroatoms. The van der Waals surface area contributed by atoms with Crippen molar-refractivity contribution in [1.82, 2.24) is 15.3 Å². The number of methoxy groups -OCH3 is 2. The van der Waals surface area contributed by atoms with Crippen molar-refractivity contribution in [2.45, 2.75) is 30.4 Å². The maximum absolute atomic E-state index is 12.7. The van der Waals surface area contributed by atoms with Crippen molar-refractivity contribution in [2.75, 3.05) is 25.7 Å². The van der Waals surface area contributed by atoms with Crippen molar-refractivity contribution in [3.63, 3.8) is 0 Å². The maximum Gasteiger partial charge on any atom is 0.251 e. The van der Waals surface area contributed by atoms with Gasteiger partial charge >= 0.3 is 0 Å². The fraction of sp³-hybridized carbons (Fsp3) is 0.233. The summed E-state index contributed by atoms with van der Waals surface area (Å²) in [6.45, 7) is 1.98. The van der Waals surface area contributed by atoms with Gasteiger partial charge in [0.2, 0.25) is 0 Å². The number of carbonyl (C=O) groups excluding carboxylic acids is 1. The highest BCUT2D eigenvalue weighted by Gasteiger charge is 2.21. The number of nitrogens with one attached hydrogen (secondary N) is 1. The summed E-state index contributed by atoms with van der Waals surface area (Å²) in [6.07, 6.45) is 0.860. The molecular formula is C30H29ClN4O3S. The zero-order chi connectivity index (χ0) is 27.2. The lowest BCUT2D eigenvalue weighted by Crippen LogP contribution is -2.31. The summed E-state index contributed by atoms with van der Waals surface area (Å²) in [5.74, 6) is 2.75. The number of rotatable bonds is 9. The number of fused-ring (bicyclic) bond motifs is 1. The lowest BCUT2D eigenvalue weighted by molar-refractivity contribution is 0.0951. The standard InChI is InChI=1S/C30H29ClN4O3S/c1-37-25-14-22-11-12-35(18-24(22)15-26(25)38-2)28-16-27(31)33-30(34-28)39-19-21-9-6-10-23(13-21)29(36)32-17-20-7-4-3-5-8-20/h3-10,13-16H,11-12,17-19H2,1-2H3,(H,32,36). The Morgan fingerprint density at radius 1 is 0.949 bits per heavy atom. The highest BCUT2D eigenvalue weighted by atomic mass is 35.5. The minimum Gasteiger partial charge on any atom is -0.493 e. The van der Waals surface area contributed by atoms with Crippen molar-refractivity contribution >= 4 is 35.1 Å². The summed E-state index contributed by atoms with van der Waals surface area (Å²) in [5.41, 5.74) is 5.10. The lowest BCUT2D eigenvalue weighted by Gasteiger charge is -2.30. The van der Waals surface area contributed by atoms with Crippen molar-refractivity contribution in [3.8, 4) is 11.5 Å². The molecule has 0 radical (unpaired) electrons. The van der Waals surface area contributed by atoms with Crippen LogP contribution in [0.3, 0.4) is 0 Å². The highest BCUT2D eigenvalue weighted by molar-refractivity contribution is 7.98. The first-order chi connectivity index (χ1) is 19.0. The van der Waals surface area contributed by atoms with Gasteiger partial charge < -0.3 is 19.7 Å². The van der Waals surface area contributed by atoms with Gasteiger partial charge in [0.1, 0.15) is 11.0 Å². The summed E-state index contributed by atoms with van der Waals surface area (Å²) in [7, 11) is 3.30. The Morgan fingerprint density at radius 2 is 1.69 bits per heavy atom. The SMILES string of the molecule is COc1cc2c(cc1OC)CN(c1cc(Cl)nc(SCc3cccc(C(=O)NCc4ccccc4)c3)n1)CC2. The number of aromatic nitrogens is 2. The van der Waals surface area contributed by atoms with E-state index >= 15 is 0 Å². The van der Waals surface area contributed by atoms with Crippen LogP contribution < -0.4 is 19.7 Å². The molecule has 3 aromatic carbocycles. The third-order valence-corrected chi connectivity index (χ3v) is 7.67. The van der Waals surface area contributed by atoms with Gasteiger partial charge in [0, 0.05) is 37.0 Å². The van der Waals surface area contributed by atoms with Crippen LogP contribution in [-0.4, -0.2) is 36.6 Å². The number of amides is 1. The number of hydrogen-bond acceptors (Lipinski definition) is 7. The predicted molar refractivity (Wildman–Crippen MR) is 155 cm³/mol. The number of nitrogens with zero attached hydrogens (tertiary/aromatic N) is 3. The summed E-state index contributed by atoms with van der Waals surface area (Å²) in [6, 6.07) is 23.4. The van der Waals surface area contributed by atoms with Gasteiger partial charge in [-0.25, -0.2) is 9.97 Å². The largest absolute Gasteiger partial charge is 0.493 e. The number of benzene rings is 3. The van der Waals surface area contributed by atoms with Crippen LogP contribution in [-0.2, 0) is 25.3 Å². The molecule has 0 aliphatic carbocycles. The number of hydrogen-bond donors (Lipinski definition) is 1. The second-order valence-electron chi connectivity index (χ2n) is 9.14. The van der Waals surface area contributed by atoms with Crippen LogP contribution in [0.2, 0.25) is 5.15 Å². The predicted octanol–water partition coefficient (Wildman–Crippen LogP) is 5.93. The van der Waals surface area contributed by atoms with Crippen molar-refractivity contribution in [3.05, 3.63) is 106 Å². The Hall–Kier alpha value is -3.75. The summed E-state index contributed by atoms with van der Waals surface area (Å²) >= 11 is 7.90. The molecule has 0 fully saturated rings. The first kappa shape index (κ1) is 26.8. The molecule has 7 nitrogen and oxygen atoms in total. The minimum absolute atomic E-state index is 0.105. The van der Waals surface area contributed by atoms with Crippen molar-refractivity contribution in [2.24, 2.45) is 0 Å². The molecule has 1 aromatic heterocycles. The van der Waals surface area contributed by atoms with Crippen molar-refractivity contribution in [1.29, 1.82) is 0 Å². The second kappa shape index (κ2) is 12.4. The molecule has 5 rings (SSSR count). The molecule has 200 valence electrons. The molecule has 1 amide bonds. The van der Waals surface area contributed by atoms with E-state index in [0.29, 0.717) is 40.5 Å². The Balaban J connectivity index is 1.24. The third kappa shape index (κ3) is 6.64. The van der Waals surface area contributed by atoms with Crippen LogP contribution in [0.25, 0.3) is 0 Å². The molecule has 39 heavy (non-hydrogen) atoms. The van der Waals surface area contributed by atoms with Crippen LogP contribution >= 0.6 is 23.4 Å². The second-order valence-corrected chi connectivity index (χ2v) is 10.5. The van der Waals surface area contributed by atoms with E-state index in [-0.39, 0.29) is 5.91 Å². The molecule has 4 aromatic rings. The van der Waals surface area contributed by atoms with E-state index in [1.54, 1.807) is 20.3 Å². The number of halogens is 1. The van der Waals surface area contributed by atoms with E-state index in [9.17, 15) is 4.79 Å². The summed E-state index contributed by atoms with van der Waals surface area (Å²) in [5, 5.41) is 3.97. The Bertz CT molecular complexity index is 1470. The molecule has 0 atom stereocenters. The van der Waals surface area contributed by atoms with Crippen molar-refractivity contribution < 1.29 is 14.3 Å². The molecule has 1 N–H and O–H groups in total. The van der Waals surface area contributed by atoms with Gasteiger partial charge in [-0.3, -0.25) is 4.79 Å². The van der Waals surface area contributed by atoms with Gasteiger partial charge in [-0.05, 0) is 52.9 Å². The van der Waals surface area contributed by atoms with Crippen LogP contribution in [0, 0.1) is 0 Å². The summed E-state index contributed by atoms with van der Waals surface area (Å²) < 4.78 is 11.0. The highest BCUT2D eigenvalue weighted by Crippen LogP contribution is 2.35. The smallest absolute Gasteiger partial charge is 0.251 e. The fourth-order valence-electron chi connectivity index (χ4n) is 4.52. The van der Waals surface area contributed by atoms with E-state index in [0.717, 1.165) is 35.7 Å². The normalized spacial score (nSPS) is 12.5. The van der Waals surface area contributed by atoms with Gasteiger partial charge in [-0.2, -0.15) is 0 Å². The number of anilines is 1. The van der Waals surface area contributed by atoms with E-state index in [1.165, 1.54) is 22.9 Å². The minimum atomic E-state index is -0.105. The molecule has 0 spiro atoms. The lowest BCUT2D eigenvalue weighted by atomic mass is 9.99. The molecule has 1 aliphatic rings. The molecule has 2 heterocycles. The number of carbonyl (C=O) groups is 1. The van der Waals surface area contributed by atoms with Gasteiger partial charge in [0.25, 0.3) is 5.91 Å². The number of ether oxygens (including phenoxy) is 2. The first-order valence-corrected chi connectivity index (χ1v) is 14.0. The van der Waals surface area contributed by atoms with E-state index in [1.807, 2.05) is 60.7 Å². The van der Waals surface area contributed by atoms with Gasteiger partial charge in [-0.15, -0.1) is 0 Å². The number of thioether (sulfide) groups is 1. The van der Waals surface area contributed by atoms with E-state index < -0.39 is 0 Å². The Labute approximate surface area is 237 Å². The van der Waals surface area contributed by atoms with Gasteiger partial charge in [-0.1, -0.05) is 65.8 Å². The van der Waals surface area contributed by atoms with Crippen LogP contribution in [0.1, 0.15) is 32.6 Å². The van der Waals surface area contributed by atoms with Gasteiger partial charge in [0.05, 0.1) is 14.2 Å². The van der Waals surface area contributed by atoms with Gasteiger partial charge in [0.15, 0.2) is 16.7 Å². The van der Waals surface area contributed by atoms with Crippen LogP contribution in [0.4, 0.5) is 5.82 Å². The Morgan fingerprint density at radius 3 is 2.46 bits per heavy atom. The van der Waals surface area contributed by atoms with Crippen LogP contribution in [0.15, 0.2) is 78.0 Å². The fourth-order valence-corrected chi connectivity index (χ4v) is 5.55. The molecule has 0 saturated carbocycles. The molecule has 1 aliphatic heterocycles.